The first-order chi connectivity index (χ1) is 14.6. The summed E-state index contributed by atoms with van der Waals surface area (Å²) in [4.78, 5) is 12.2. The quantitative estimate of drug-likeness (QED) is 0.668. The molecule has 168 valence electrons. The Kier molecular flexibility index (Phi) is 6.82. The van der Waals surface area contributed by atoms with Gasteiger partial charge in [-0.3, -0.25) is 4.79 Å². The fourth-order valence-corrected chi connectivity index (χ4v) is 4.35. The second kappa shape index (κ2) is 9.20. The highest BCUT2D eigenvalue weighted by molar-refractivity contribution is 7.89. The molecule has 1 aliphatic heterocycles. The first-order valence-corrected chi connectivity index (χ1v) is 10.5. The number of amides is 1. The Bertz CT molecular complexity index is 1050. The third-order valence-corrected chi connectivity index (χ3v) is 6.32. The van der Waals surface area contributed by atoms with Crippen molar-refractivity contribution in [2.75, 3.05) is 26.3 Å². The molecule has 2 aromatic rings. The molecule has 0 aliphatic carbocycles. The highest BCUT2D eigenvalue weighted by Gasteiger charge is 2.32. The Balaban J connectivity index is 1.78. The molecule has 0 aromatic heterocycles. The Hall–Kier alpha value is -2.70. The van der Waals surface area contributed by atoms with Crippen molar-refractivity contribution in [1.82, 2.24) is 9.62 Å². The van der Waals surface area contributed by atoms with Gasteiger partial charge in [0.2, 0.25) is 10.0 Å². The van der Waals surface area contributed by atoms with Crippen LogP contribution in [0.3, 0.4) is 0 Å². The summed E-state index contributed by atoms with van der Waals surface area (Å²) >= 11 is 0. The Morgan fingerprint density at radius 2 is 1.81 bits per heavy atom. The monoisotopic (exact) mass is 462 g/mol. The van der Waals surface area contributed by atoms with Crippen molar-refractivity contribution >= 4 is 15.9 Å². The average Bonchev–Trinajstić information content (AvgIpc) is 2.72. The number of halogens is 4. The number of ether oxygens (including phenoxy) is 2. The molecule has 12 heteroatoms. The van der Waals surface area contributed by atoms with Crippen LogP contribution in [0.15, 0.2) is 47.4 Å². The van der Waals surface area contributed by atoms with Crippen LogP contribution in [0.4, 0.5) is 17.6 Å². The molecule has 1 saturated heterocycles. The Morgan fingerprint density at radius 3 is 2.48 bits per heavy atom. The van der Waals surface area contributed by atoms with E-state index in [0.29, 0.717) is 0 Å². The number of nitrogens with one attached hydrogen (secondary N) is 1. The van der Waals surface area contributed by atoms with Gasteiger partial charge >= 0.3 is 6.36 Å². The van der Waals surface area contributed by atoms with Crippen molar-refractivity contribution in [2.24, 2.45) is 0 Å². The van der Waals surface area contributed by atoms with Gasteiger partial charge < -0.3 is 14.8 Å². The minimum Gasteiger partial charge on any atom is -0.405 e. The highest BCUT2D eigenvalue weighted by atomic mass is 32.2. The van der Waals surface area contributed by atoms with Gasteiger partial charge in [-0.2, -0.15) is 4.31 Å². The summed E-state index contributed by atoms with van der Waals surface area (Å²) in [5, 5.41) is 2.29. The van der Waals surface area contributed by atoms with Gasteiger partial charge in [0, 0.05) is 25.2 Å². The van der Waals surface area contributed by atoms with Crippen molar-refractivity contribution < 1.29 is 40.2 Å². The third-order valence-electron chi connectivity index (χ3n) is 4.43. The predicted octanol–water partition coefficient (Wildman–Crippen LogP) is 2.68. The fraction of sp³-hybridized carbons (Fsp3) is 0.316. The smallest absolute Gasteiger partial charge is 0.405 e. The summed E-state index contributed by atoms with van der Waals surface area (Å²) in [5.41, 5.74) is -0.547. The van der Waals surface area contributed by atoms with Gasteiger partial charge in [-0.05, 0) is 24.3 Å². The minimum absolute atomic E-state index is 0.00526. The molecule has 0 radical (unpaired) electrons. The number of alkyl halides is 3. The number of carbonyl (C=O) groups is 1. The number of nitrogens with zero attached hydrogens (tertiary/aromatic N) is 1. The number of hydrogen-bond acceptors (Lipinski definition) is 5. The molecule has 3 rings (SSSR count). The number of morpholine rings is 1. The van der Waals surface area contributed by atoms with Crippen LogP contribution in [-0.4, -0.2) is 51.3 Å². The lowest BCUT2D eigenvalue weighted by Crippen LogP contribution is -2.40. The third kappa shape index (κ3) is 5.71. The molecule has 0 bridgehead atoms. The van der Waals surface area contributed by atoms with E-state index >= 15 is 0 Å². The number of carbonyl (C=O) groups excluding carboxylic acids is 1. The van der Waals surface area contributed by atoms with Crippen LogP contribution < -0.4 is 10.1 Å². The standard InChI is InChI=1S/C19H18F4N2O5S/c20-16-6-5-14(31(27,28)25-7-9-29-10-8-25)11-15(16)18(26)24-12-13-3-1-2-4-17(13)30-19(21,22)23/h1-6,11H,7-10,12H2,(H,24,26). The van der Waals surface area contributed by atoms with Crippen LogP contribution in [0.2, 0.25) is 0 Å². The van der Waals surface area contributed by atoms with Crippen LogP contribution in [0.25, 0.3) is 0 Å². The maximum atomic E-state index is 14.2. The largest absolute Gasteiger partial charge is 0.573 e. The zero-order valence-corrected chi connectivity index (χ0v) is 16.8. The van der Waals surface area contributed by atoms with E-state index in [2.05, 4.69) is 10.1 Å². The maximum Gasteiger partial charge on any atom is 0.573 e. The molecule has 0 spiro atoms. The van der Waals surface area contributed by atoms with Crippen molar-refractivity contribution in [2.45, 2.75) is 17.8 Å². The molecule has 2 aromatic carbocycles. The average molecular weight is 462 g/mol. The topological polar surface area (TPSA) is 84.9 Å². The van der Waals surface area contributed by atoms with E-state index in [1.54, 1.807) is 0 Å². The minimum atomic E-state index is -4.92. The van der Waals surface area contributed by atoms with Crippen molar-refractivity contribution in [3.8, 4) is 5.75 Å². The number of sulfonamides is 1. The number of para-hydroxylation sites is 1. The number of rotatable bonds is 6. The fourth-order valence-electron chi connectivity index (χ4n) is 2.92. The van der Waals surface area contributed by atoms with E-state index in [4.69, 9.17) is 4.74 Å². The van der Waals surface area contributed by atoms with Gasteiger partial charge in [-0.15, -0.1) is 13.2 Å². The van der Waals surface area contributed by atoms with Gasteiger partial charge in [0.1, 0.15) is 11.6 Å². The molecule has 0 unspecified atom stereocenters. The van der Waals surface area contributed by atoms with Crippen LogP contribution in [0.1, 0.15) is 15.9 Å². The second-order valence-electron chi connectivity index (χ2n) is 6.50. The molecule has 31 heavy (non-hydrogen) atoms. The van der Waals surface area contributed by atoms with Gasteiger partial charge in [0.05, 0.1) is 23.7 Å². The molecule has 1 fully saturated rings. The van der Waals surface area contributed by atoms with Gasteiger partial charge in [0.25, 0.3) is 5.91 Å². The summed E-state index contributed by atoms with van der Waals surface area (Å²) in [6, 6.07) is 7.94. The lowest BCUT2D eigenvalue weighted by molar-refractivity contribution is -0.274. The van der Waals surface area contributed by atoms with E-state index in [-0.39, 0.29) is 36.8 Å². The molecule has 1 aliphatic rings. The highest BCUT2D eigenvalue weighted by Crippen LogP contribution is 2.26. The Morgan fingerprint density at radius 1 is 1.13 bits per heavy atom. The Labute approximate surface area is 175 Å². The van der Waals surface area contributed by atoms with Crippen LogP contribution in [0, 0.1) is 5.82 Å². The van der Waals surface area contributed by atoms with Crippen LogP contribution in [-0.2, 0) is 21.3 Å². The van der Waals surface area contributed by atoms with E-state index < -0.39 is 46.0 Å². The molecule has 7 nitrogen and oxygen atoms in total. The summed E-state index contributed by atoms with van der Waals surface area (Å²) < 4.78 is 87.4. The predicted molar refractivity (Wildman–Crippen MR) is 100 cm³/mol. The van der Waals surface area contributed by atoms with Gasteiger partial charge in [-0.25, -0.2) is 12.8 Å². The van der Waals surface area contributed by atoms with E-state index in [1.165, 1.54) is 18.2 Å². The zero-order chi connectivity index (χ0) is 22.6. The van der Waals surface area contributed by atoms with Crippen LogP contribution in [0.5, 0.6) is 5.75 Å². The summed E-state index contributed by atoms with van der Waals surface area (Å²) in [7, 11) is -3.97. The first kappa shape index (κ1) is 23.0. The zero-order valence-electron chi connectivity index (χ0n) is 16.0. The van der Waals surface area contributed by atoms with Crippen molar-refractivity contribution in [3.63, 3.8) is 0 Å². The van der Waals surface area contributed by atoms with Crippen LogP contribution >= 0.6 is 0 Å². The van der Waals surface area contributed by atoms with E-state index in [1.807, 2.05) is 0 Å². The molecule has 0 saturated carbocycles. The van der Waals surface area contributed by atoms with E-state index in [0.717, 1.165) is 28.6 Å². The number of hydrogen-bond donors (Lipinski definition) is 1. The molecule has 1 N–H and O–H groups in total. The van der Waals surface area contributed by atoms with Crippen molar-refractivity contribution in [3.05, 3.63) is 59.4 Å². The molecule has 1 amide bonds. The molecular formula is C19H18F4N2O5S. The SMILES string of the molecule is O=C(NCc1ccccc1OC(F)(F)F)c1cc(S(=O)(=O)N2CCOCC2)ccc1F. The number of benzene rings is 2. The normalized spacial score (nSPS) is 15.5. The second-order valence-corrected chi connectivity index (χ2v) is 8.43. The summed E-state index contributed by atoms with van der Waals surface area (Å²) in [6.45, 7) is 0.278. The van der Waals surface area contributed by atoms with Gasteiger partial charge in [-0.1, -0.05) is 18.2 Å². The first-order valence-electron chi connectivity index (χ1n) is 9.07. The lowest BCUT2D eigenvalue weighted by Gasteiger charge is -2.26. The molecule has 0 atom stereocenters. The lowest BCUT2D eigenvalue weighted by atomic mass is 10.1. The van der Waals surface area contributed by atoms with Crippen molar-refractivity contribution in [1.29, 1.82) is 0 Å². The summed E-state index contributed by atoms with van der Waals surface area (Å²) in [5.74, 6) is -2.48. The van der Waals surface area contributed by atoms with E-state index in [9.17, 15) is 30.8 Å². The summed E-state index contributed by atoms with van der Waals surface area (Å²) in [6.07, 6.45) is -4.92. The van der Waals surface area contributed by atoms with Gasteiger partial charge in [0.15, 0.2) is 0 Å². The molecule has 1 heterocycles. The maximum absolute atomic E-state index is 14.2. The molecular weight excluding hydrogens is 444 g/mol.